The van der Waals surface area contributed by atoms with Crippen molar-refractivity contribution in [3.05, 3.63) is 106 Å². The van der Waals surface area contributed by atoms with Crippen molar-refractivity contribution in [1.29, 1.82) is 0 Å². The predicted molar refractivity (Wildman–Crippen MR) is 116 cm³/mol. The quantitative estimate of drug-likeness (QED) is 0.477. The standard InChI is InChI=1S/C24H14N4O4/c29-21-17-5-1-2-6-18(17)22(30)27(21)25-13-15-9-11-16(12-10-15)14-26-28-23(31)19-7-3-4-8-20(19)24(28)32/h1-14H/b25-13+,26-14+. The van der Waals surface area contributed by atoms with Crippen LogP contribution < -0.4 is 0 Å². The van der Waals surface area contributed by atoms with Gasteiger partial charge in [-0.2, -0.15) is 20.2 Å². The zero-order chi connectivity index (χ0) is 22.2. The van der Waals surface area contributed by atoms with Crippen molar-refractivity contribution in [2.45, 2.75) is 0 Å². The van der Waals surface area contributed by atoms with E-state index in [1.807, 2.05) is 0 Å². The molecule has 0 unspecified atom stereocenters. The first-order valence-corrected chi connectivity index (χ1v) is 9.68. The summed E-state index contributed by atoms with van der Waals surface area (Å²) in [5.74, 6) is -1.86. The second kappa shape index (κ2) is 7.51. The second-order valence-corrected chi connectivity index (χ2v) is 7.09. The molecule has 8 nitrogen and oxygen atoms in total. The van der Waals surface area contributed by atoms with Gasteiger partial charge in [-0.25, -0.2) is 0 Å². The molecule has 0 aliphatic carbocycles. The molecule has 2 heterocycles. The first kappa shape index (κ1) is 19.3. The van der Waals surface area contributed by atoms with Gasteiger partial charge in [0.25, 0.3) is 23.6 Å². The molecule has 0 atom stereocenters. The Morgan fingerprint density at radius 2 is 0.750 bits per heavy atom. The van der Waals surface area contributed by atoms with Crippen LogP contribution in [0.25, 0.3) is 0 Å². The summed E-state index contributed by atoms with van der Waals surface area (Å²) in [7, 11) is 0. The molecule has 3 aromatic carbocycles. The normalized spacial score (nSPS) is 15.4. The fourth-order valence-corrected chi connectivity index (χ4v) is 3.48. The van der Waals surface area contributed by atoms with Crippen molar-refractivity contribution >= 4 is 36.1 Å². The summed E-state index contributed by atoms with van der Waals surface area (Å²) in [6, 6.07) is 20.0. The molecule has 8 heteroatoms. The molecule has 2 aliphatic heterocycles. The fourth-order valence-electron chi connectivity index (χ4n) is 3.48. The van der Waals surface area contributed by atoms with E-state index in [2.05, 4.69) is 10.2 Å². The number of carbonyl (C=O) groups excluding carboxylic acids is 4. The lowest BCUT2D eigenvalue weighted by Gasteiger charge is -2.06. The third-order valence-corrected chi connectivity index (χ3v) is 5.13. The highest BCUT2D eigenvalue weighted by molar-refractivity contribution is 6.22. The van der Waals surface area contributed by atoms with Crippen molar-refractivity contribution in [2.24, 2.45) is 10.2 Å². The number of rotatable bonds is 4. The van der Waals surface area contributed by atoms with Crippen LogP contribution in [0.1, 0.15) is 52.6 Å². The predicted octanol–water partition coefficient (Wildman–Crippen LogP) is 2.95. The van der Waals surface area contributed by atoms with Gasteiger partial charge in [0.1, 0.15) is 0 Å². The first-order chi connectivity index (χ1) is 15.5. The number of nitrogens with zero attached hydrogens (tertiary/aromatic N) is 4. The zero-order valence-corrected chi connectivity index (χ0v) is 16.5. The number of amides is 4. The van der Waals surface area contributed by atoms with Gasteiger partial charge in [-0.1, -0.05) is 48.5 Å². The highest BCUT2D eigenvalue weighted by Gasteiger charge is 2.36. The van der Waals surface area contributed by atoms with Crippen molar-refractivity contribution in [2.75, 3.05) is 0 Å². The molecule has 0 saturated carbocycles. The molecule has 0 fully saturated rings. The molecule has 0 aromatic heterocycles. The van der Waals surface area contributed by atoms with E-state index in [-0.39, 0.29) is 0 Å². The number of benzene rings is 3. The minimum Gasteiger partial charge on any atom is -0.267 e. The molecule has 0 radical (unpaired) electrons. The van der Waals surface area contributed by atoms with Gasteiger partial charge >= 0.3 is 0 Å². The van der Waals surface area contributed by atoms with Gasteiger partial charge in [0.15, 0.2) is 0 Å². The van der Waals surface area contributed by atoms with Crippen LogP contribution in [0.15, 0.2) is 83.0 Å². The number of hydrazone groups is 2. The van der Waals surface area contributed by atoms with Gasteiger partial charge in [0.05, 0.1) is 34.7 Å². The van der Waals surface area contributed by atoms with Gasteiger partial charge in [-0.15, -0.1) is 0 Å². The summed E-state index contributed by atoms with van der Waals surface area (Å²) in [6.45, 7) is 0. The van der Waals surface area contributed by atoms with E-state index in [1.54, 1.807) is 72.8 Å². The summed E-state index contributed by atoms with van der Waals surface area (Å²) in [5.41, 5.74) is 2.62. The van der Waals surface area contributed by atoms with E-state index in [1.165, 1.54) is 12.4 Å². The maximum Gasteiger partial charge on any atom is 0.282 e. The molecule has 154 valence electrons. The molecule has 3 aromatic rings. The van der Waals surface area contributed by atoms with Crippen LogP contribution in [0.5, 0.6) is 0 Å². The maximum atomic E-state index is 12.3. The van der Waals surface area contributed by atoms with Crippen LogP contribution in [0.4, 0.5) is 0 Å². The van der Waals surface area contributed by atoms with E-state index < -0.39 is 23.6 Å². The van der Waals surface area contributed by atoms with E-state index >= 15 is 0 Å². The molecule has 0 spiro atoms. The van der Waals surface area contributed by atoms with Crippen molar-refractivity contribution in [3.8, 4) is 0 Å². The number of hydrogen-bond acceptors (Lipinski definition) is 6. The maximum absolute atomic E-state index is 12.3. The molecular formula is C24H14N4O4. The molecular weight excluding hydrogens is 408 g/mol. The van der Waals surface area contributed by atoms with Crippen molar-refractivity contribution in [1.82, 2.24) is 10.0 Å². The minimum atomic E-state index is -0.466. The van der Waals surface area contributed by atoms with Gasteiger partial charge in [-0.3, -0.25) is 19.2 Å². The number of hydrogen-bond donors (Lipinski definition) is 0. The van der Waals surface area contributed by atoms with Gasteiger partial charge in [0.2, 0.25) is 0 Å². The Morgan fingerprint density at radius 1 is 0.469 bits per heavy atom. The molecule has 0 saturated heterocycles. The Morgan fingerprint density at radius 3 is 1.03 bits per heavy atom. The topological polar surface area (TPSA) is 99.5 Å². The lowest BCUT2D eigenvalue weighted by Crippen LogP contribution is -2.24. The van der Waals surface area contributed by atoms with Gasteiger partial charge in [-0.05, 0) is 35.4 Å². The average Bonchev–Trinajstić information content (AvgIpc) is 3.22. The summed E-state index contributed by atoms with van der Waals surface area (Å²) in [4.78, 5) is 49.4. The summed E-state index contributed by atoms with van der Waals surface area (Å²) in [6.07, 6.45) is 2.82. The Bertz CT molecular complexity index is 1180. The Balaban J connectivity index is 1.29. The Hall–Kier alpha value is -4.72. The number of imide groups is 2. The van der Waals surface area contributed by atoms with Crippen LogP contribution in [-0.2, 0) is 0 Å². The lowest BCUT2D eigenvalue weighted by atomic mass is 10.1. The third kappa shape index (κ3) is 3.10. The van der Waals surface area contributed by atoms with Gasteiger partial charge in [0, 0.05) is 0 Å². The fraction of sp³-hybridized carbons (Fsp3) is 0. The monoisotopic (exact) mass is 422 g/mol. The lowest BCUT2D eigenvalue weighted by molar-refractivity contribution is 0.0644. The van der Waals surface area contributed by atoms with E-state index in [4.69, 9.17) is 0 Å². The van der Waals surface area contributed by atoms with Crippen LogP contribution in [0, 0.1) is 0 Å². The third-order valence-electron chi connectivity index (χ3n) is 5.13. The van der Waals surface area contributed by atoms with Crippen LogP contribution in [-0.4, -0.2) is 46.1 Å². The zero-order valence-electron chi connectivity index (χ0n) is 16.5. The Labute approximate surface area is 182 Å². The Kier molecular flexibility index (Phi) is 4.52. The van der Waals surface area contributed by atoms with Crippen LogP contribution in [0.2, 0.25) is 0 Å². The molecule has 4 amide bonds. The largest absolute Gasteiger partial charge is 0.282 e. The summed E-state index contributed by atoms with van der Waals surface area (Å²) >= 11 is 0. The summed E-state index contributed by atoms with van der Waals surface area (Å²) in [5, 5.41) is 9.73. The van der Waals surface area contributed by atoms with Crippen molar-refractivity contribution < 1.29 is 19.2 Å². The van der Waals surface area contributed by atoms with E-state index in [0.29, 0.717) is 33.4 Å². The number of carbonyl (C=O) groups is 4. The SMILES string of the molecule is O=C1c2ccccc2C(=O)N1/N=C/c1ccc(/C=N/N2C(=O)c3ccccc3C2=O)cc1. The van der Waals surface area contributed by atoms with Crippen molar-refractivity contribution in [3.63, 3.8) is 0 Å². The van der Waals surface area contributed by atoms with E-state index in [0.717, 1.165) is 10.0 Å². The first-order valence-electron chi connectivity index (χ1n) is 9.68. The molecule has 32 heavy (non-hydrogen) atoms. The molecule has 2 aliphatic rings. The van der Waals surface area contributed by atoms with E-state index in [9.17, 15) is 19.2 Å². The smallest absolute Gasteiger partial charge is 0.267 e. The number of fused-ring (bicyclic) bond motifs is 2. The van der Waals surface area contributed by atoms with Gasteiger partial charge < -0.3 is 0 Å². The molecule has 0 bridgehead atoms. The molecule has 5 rings (SSSR count). The highest BCUT2D eigenvalue weighted by Crippen LogP contribution is 2.23. The van der Waals surface area contributed by atoms with Crippen LogP contribution in [0.3, 0.4) is 0 Å². The highest BCUT2D eigenvalue weighted by atomic mass is 16.2. The summed E-state index contributed by atoms with van der Waals surface area (Å²) < 4.78 is 0. The second-order valence-electron chi connectivity index (χ2n) is 7.09. The molecule has 0 N–H and O–H groups in total. The average molecular weight is 422 g/mol. The minimum absolute atomic E-state index is 0.328. The van der Waals surface area contributed by atoms with Crippen LogP contribution >= 0.6 is 0 Å².